The molecule has 0 saturated heterocycles. The van der Waals surface area contributed by atoms with Crippen molar-refractivity contribution >= 4 is 44.0 Å². The summed E-state index contributed by atoms with van der Waals surface area (Å²) < 4.78 is 84.5. The zero-order valence-corrected chi connectivity index (χ0v) is 18.5. The van der Waals surface area contributed by atoms with Crippen LogP contribution in [0.3, 0.4) is 0 Å². The molecule has 1 atom stereocenters. The van der Waals surface area contributed by atoms with Gasteiger partial charge in [0.25, 0.3) is 5.91 Å². The Kier molecular flexibility index (Phi) is 7.69. The molecule has 15 heteroatoms. The van der Waals surface area contributed by atoms with Gasteiger partial charge in [0.1, 0.15) is 31.8 Å². The number of esters is 1. The maximum Gasteiger partial charge on any atom is 0.573 e. The molecule has 0 bridgehead atoms. The average Bonchev–Trinajstić information content (AvgIpc) is 3.03. The van der Waals surface area contributed by atoms with Crippen molar-refractivity contribution in [3.05, 3.63) is 35.6 Å². The lowest BCUT2D eigenvalue weighted by molar-refractivity contribution is -0.274. The topological polar surface area (TPSA) is 142 Å². The van der Waals surface area contributed by atoms with E-state index >= 15 is 0 Å². The van der Waals surface area contributed by atoms with E-state index in [4.69, 9.17) is 10.5 Å². The molecule has 180 valence electrons. The molecular weight excluding hydrogens is 496 g/mol. The van der Waals surface area contributed by atoms with Crippen molar-refractivity contribution in [3.63, 3.8) is 0 Å². The molecule has 0 radical (unpaired) electrons. The second kappa shape index (κ2) is 9.74. The summed E-state index contributed by atoms with van der Waals surface area (Å²) in [4.78, 5) is 33.8. The molecule has 1 aromatic carbocycles. The number of hydrogen-bond acceptors (Lipinski definition) is 8. The highest BCUT2D eigenvalue weighted by atomic mass is 32.2. The van der Waals surface area contributed by atoms with E-state index in [1.54, 1.807) is 0 Å². The number of primary amides is 1. The Morgan fingerprint density at radius 3 is 2.36 bits per heavy atom. The van der Waals surface area contributed by atoms with E-state index < -0.39 is 66.3 Å². The number of sulfone groups is 1. The minimum atomic E-state index is -5.11. The first-order chi connectivity index (χ1) is 15.1. The van der Waals surface area contributed by atoms with Gasteiger partial charge in [-0.15, -0.1) is 24.5 Å². The molecule has 0 aliphatic carbocycles. The molecule has 2 amide bonds. The van der Waals surface area contributed by atoms with Crippen LogP contribution in [0.5, 0.6) is 5.75 Å². The van der Waals surface area contributed by atoms with Crippen LogP contribution in [-0.4, -0.2) is 38.7 Å². The number of amides is 2. The molecule has 0 fully saturated rings. The number of thiophene rings is 1. The zero-order valence-electron chi connectivity index (χ0n) is 16.9. The highest BCUT2D eigenvalue weighted by Crippen LogP contribution is 2.36. The van der Waals surface area contributed by atoms with Crippen LogP contribution < -0.4 is 15.8 Å². The van der Waals surface area contributed by atoms with E-state index in [9.17, 15) is 40.4 Å². The normalized spacial score (nSPS) is 12.7. The molecule has 1 aromatic heterocycles. The second-order valence-electron chi connectivity index (χ2n) is 6.49. The number of carbonyl (C=O) groups is 3. The Bertz CT molecular complexity index is 1190. The predicted octanol–water partition coefficient (Wildman–Crippen LogP) is 3.00. The van der Waals surface area contributed by atoms with Crippen molar-refractivity contribution in [1.29, 1.82) is 0 Å². The lowest BCUT2D eigenvalue weighted by Crippen LogP contribution is -2.22. The van der Waals surface area contributed by atoms with Crippen molar-refractivity contribution in [1.82, 2.24) is 0 Å². The van der Waals surface area contributed by atoms with Gasteiger partial charge in [-0.05, 0) is 25.1 Å². The number of nitrogens with two attached hydrogens (primary N) is 1. The van der Waals surface area contributed by atoms with Crippen molar-refractivity contribution in [3.8, 4) is 5.75 Å². The minimum absolute atomic E-state index is 0.238. The van der Waals surface area contributed by atoms with Gasteiger partial charge in [0.15, 0.2) is 0 Å². The lowest BCUT2D eigenvalue weighted by atomic mass is 10.2. The Balaban J connectivity index is 2.36. The number of hydrogen-bond donors (Lipinski definition) is 2. The molecule has 1 heterocycles. The summed E-state index contributed by atoms with van der Waals surface area (Å²) in [7, 11) is -4.66. The third-order valence-corrected chi connectivity index (χ3v) is 7.07. The van der Waals surface area contributed by atoms with Crippen LogP contribution in [0.2, 0.25) is 0 Å². The first kappa shape index (κ1) is 26.1. The van der Waals surface area contributed by atoms with Gasteiger partial charge in [0.2, 0.25) is 15.7 Å². The average molecular weight is 512 g/mol. The SMILES string of the molecule is CC(=O)OC(C)CC(=O)Nc1sc(S(=O)(=O)c2ccc(OC(F)(F)F)cc2F)cc1C(N)=O. The van der Waals surface area contributed by atoms with Gasteiger partial charge >= 0.3 is 12.3 Å². The summed E-state index contributed by atoms with van der Waals surface area (Å²) in [5, 5.41) is 2.01. The van der Waals surface area contributed by atoms with Crippen molar-refractivity contribution in [2.75, 3.05) is 5.32 Å². The number of ether oxygens (including phenoxy) is 2. The maximum absolute atomic E-state index is 14.3. The summed E-state index contributed by atoms with van der Waals surface area (Å²) in [5.41, 5.74) is 4.82. The fourth-order valence-corrected chi connectivity index (χ4v) is 5.37. The molecule has 0 spiro atoms. The molecule has 0 saturated carbocycles. The number of benzene rings is 1. The quantitative estimate of drug-likeness (QED) is 0.409. The predicted molar refractivity (Wildman–Crippen MR) is 106 cm³/mol. The Hall–Kier alpha value is -3.20. The molecule has 0 aliphatic rings. The molecule has 3 N–H and O–H groups in total. The Labute approximate surface area is 188 Å². The van der Waals surface area contributed by atoms with Crippen molar-refractivity contribution in [2.24, 2.45) is 5.73 Å². The van der Waals surface area contributed by atoms with Crippen LogP contribution in [-0.2, 0) is 24.2 Å². The van der Waals surface area contributed by atoms with Crippen LogP contribution in [0, 0.1) is 5.82 Å². The molecule has 2 rings (SSSR count). The second-order valence-corrected chi connectivity index (χ2v) is 9.69. The smallest absolute Gasteiger partial charge is 0.462 e. The minimum Gasteiger partial charge on any atom is -0.462 e. The Morgan fingerprint density at radius 2 is 1.85 bits per heavy atom. The number of alkyl halides is 3. The summed E-state index contributed by atoms with van der Waals surface area (Å²) in [6, 6.07) is 2.20. The van der Waals surface area contributed by atoms with Gasteiger partial charge < -0.3 is 20.5 Å². The van der Waals surface area contributed by atoms with E-state index in [2.05, 4.69) is 10.1 Å². The van der Waals surface area contributed by atoms with E-state index in [0.717, 1.165) is 13.0 Å². The number of nitrogens with one attached hydrogen (secondary N) is 1. The summed E-state index contributed by atoms with van der Waals surface area (Å²) in [6.45, 7) is 2.56. The highest BCUT2D eigenvalue weighted by Gasteiger charge is 2.33. The monoisotopic (exact) mass is 512 g/mol. The largest absolute Gasteiger partial charge is 0.573 e. The molecule has 1 unspecified atom stereocenters. The maximum atomic E-state index is 14.3. The van der Waals surface area contributed by atoms with Crippen LogP contribution >= 0.6 is 11.3 Å². The highest BCUT2D eigenvalue weighted by molar-refractivity contribution is 7.93. The van der Waals surface area contributed by atoms with E-state index in [1.165, 1.54) is 6.92 Å². The van der Waals surface area contributed by atoms with Gasteiger partial charge in [-0.1, -0.05) is 0 Å². The molecule has 2 aromatic rings. The zero-order chi connectivity index (χ0) is 25.1. The summed E-state index contributed by atoms with van der Waals surface area (Å²) in [6.07, 6.45) is -6.27. The summed E-state index contributed by atoms with van der Waals surface area (Å²) in [5.74, 6) is -4.99. The van der Waals surface area contributed by atoms with Crippen molar-refractivity contribution in [2.45, 2.75) is 41.8 Å². The van der Waals surface area contributed by atoms with Gasteiger partial charge in [-0.3, -0.25) is 14.4 Å². The third-order valence-electron chi connectivity index (χ3n) is 3.76. The van der Waals surface area contributed by atoms with E-state index in [-0.39, 0.29) is 17.5 Å². The van der Waals surface area contributed by atoms with Crippen LogP contribution in [0.1, 0.15) is 30.6 Å². The van der Waals surface area contributed by atoms with E-state index in [0.29, 0.717) is 23.5 Å². The van der Waals surface area contributed by atoms with Crippen molar-refractivity contribution < 1.29 is 49.8 Å². The molecule has 9 nitrogen and oxygen atoms in total. The number of anilines is 1. The van der Waals surface area contributed by atoms with Crippen LogP contribution in [0.25, 0.3) is 0 Å². The Morgan fingerprint density at radius 1 is 1.21 bits per heavy atom. The number of carbonyl (C=O) groups excluding carboxylic acids is 3. The first-order valence-electron chi connectivity index (χ1n) is 8.81. The van der Waals surface area contributed by atoms with Gasteiger partial charge in [-0.2, -0.15) is 0 Å². The lowest BCUT2D eigenvalue weighted by Gasteiger charge is -2.11. The van der Waals surface area contributed by atoms with Crippen LogP contribution in [0.15, 0.2) is 33.4 Å². The number of rotatable bonds is 8. The number of halogens is 4. The molecule has 0 aliphatic heterocycles. The molecule has 33 heavy (non-hydrogen) atoms. The van der Waals surface area contributed by atoms with Crippen LogP contribution in [0.4, 0.5) is 22.6 Å². The standard InChI is InChI=1S/C18H16F4N2O7S2/c1-8(30-9(2)25)5-14(26)24-17-11(16(23)27)7-15(32-17)33(28,29)13-4-3-10(6-12(13)19)31-18(20,21)22/h3-4,6-8H,5H2,1-2H3,(H2,23,27)(H,24,26). The molecular formula is C18H16F4N2O7S2. The fourth-order valence-electron chi connectivity index (χ4n) is 2.55. The van der Waals surface area contributed by atoms with Gasteiger partial charge in [0, 0.05) is 13.0 Å². The van der Waals surface area contributed by atoms with Gasteiger partial charge in [-0.25, -0.2) is 12.8 Å². The third kappa shape index (κ3) is 6.89. The van der Waals surface area contributed by atoms with Gasteiger partial charge in [0.05, 0.1) is 12.0 Å². The fraction of sp³-hybridized carbons (Fsp3) is 0.278. The summed E-state index contributed by atoms with van der Waals surface area (Å²) >= 11 is 0.375. The van der Waals surface area contributed by atoms with E-state index in [1.807, 2.05) is 0 Å². The first-order valence-corrected chi connectivity index (χ1v) is 11.1.